The van der Waals surface area contributed by atoms with E-state index in [0.717, 1.165) is 11.0 Å². The van der Waals surface area contributed by atoms with Crippen LogP contribution in [0.2, 0.25) is 0 Å². The Bertz CT molecular complexity index is 940. The maximum Gasteiger partial charge on any atom is 0.345 e. The molecule has 112 valence electrons. The number of nitrogens with zero attached hydrogens (tertiary/aromatic N) is 1. The summed E-state index contributed by atoms with van der Waals surface area (Å²) in [5.41, 5.74) is 1.40. The third kappa shape index (κ3) is 2.03. The molecule has 7 heteroatoms. The molecule has 0 bridgehead atoms. The minimum absolute atomic E-state index is 0.362. The van der Waals surface area contributed by atoms with Crippen LogP contribution in [0, 0.1) is 0 Å². The number of hydrogen-bond donors (Lipinski definition) is 4. The van der Waals surface area contributed by atoms with Gasteiger partial charge in [-0.2, -0.15) is 0 Å². The van der Waals surface area contributed by atoms with E-state index in [0.29, 0.717) is 23.2 Å². The van der Waals surface area contributed by atoms with Gasteiger partial charge in [-0.05, 0) is 18.6 Å². The number of aromatic carboxylic acids is 1. The molecule has 0 fully saturated rings. The van der Waals surface area contributed by atoms with E-state index in [1.54, 1.807) is 25.4 Å². The third-order valence-electron chi connectivity index (χ3n) is 3.54. The lowest BCUT2D eigenvalue weighted by Crippen LogP contribution is -2.20. The number of carbonyl (C=O) groups is 1. The Hall–Kier alpha value is -3.09. The highest BCUT2D eigenvalue weighted by Gasteiger charge is 2.22. The van der Waals surface area contributed by atoms with E-state index < -0.39 is 22.8 Å². The Morgan fingerprint density at radius 3 is 2.86 bits per heavy atom. The van der Waals surface area contributed by atoms with Crippen LogP contribution >= 0.6 is 0 Å². The van der Waals surface area contributed by atoms with Crippen LogP contribution in [0.5, 0.6) is 5.75 Å². The topological polar surface area (TPSA) is 119 Å². The zero-order valence-electron chi connectivity index (χ0n) is 11.7. The highest BCUT2D eigenvalue weighted by Crippen LogP contribution is 2.30. The van der Waals surface area contributed by atoms with Crippen molar-refractivity contribution >= 4 is 17.0 Å². The molecule has 0 aromatic carbocycles. The Kier molecular flexibility index (Phi) is 3.17. The Morgan fingerprint density at radius 2 is 2.18 bits per heavy atom. The van der Waals surface area contributed by atoms with Gasteiger partial charge in [0.1, 0.15) is 5.75 Å². The number of carboxylic acids is 1. The molecule has 0 amide bonds. The smallest absolute Gasteiger partial charge is 0.345 e. The van der Waals surface area contributed by atoms with Crippen LogP contribution in [0.25, 0.3) is 22.3 Å². The highest BCUT2D eigenvalue weighted by atomic mass is 16.4. The average molecular weight is 299 g/mol. The van der Waals surface area contributed by atoms with Gasteiger partial charge in [-0.15, -0.1) is 0 Å². The standard InChI is InChI=1S/C15H13N3O4/c1-2-8-12(18-14(20)11(13(8)19)15(21)22)7-5-10-9(17-6-7)3-4-16-10/h3-6,16H,2H2,1H3,(H,21,22)(H2,18,19,20). The zero-order chi connectivity index (χ0) is 15.9. The van der Waals surface area contributed by atoms with Gasteiger partial charge in [0.05, 0.1) is 16.7 Å². The lowest BCUT2D eigenvalue weighted by Gasteiger charge is -2.11. The summed E-state index contributed by atoms with van der Waals surface area (Å²) in [6, 6.07) is 3.60. The number of H-pyrrole nitrogens is 2. The molecule has 0 saturated heterocycles. The van der Waals surface area contributed by atoms with Crippen molar-refractivity contribution in [2.24, 2.45) is 0 Å². The van der Waals surface area contributed by atoms with Crippen molar-refractivity contribution in [3.05, 3.63) is 46.0 Å². The molecule has 0 aliphatic heterocycles. The first kappa shape index (κ1) is 13.9. The summed E-state index contributed by atoms with van der Waals surface area (Å²) in [5, 5.41) is 19.2. The van der Waals surface area contributed by atoms with Gasteiger partial charge in [0, 0.05) is 23.5 Å². The minimum atomic E-state index is -1.46. The number of aromatic amines is 2. The van der Waals surface area contributed by atoms with Crippen molar-refractivity contribution in [3.8, 4) is 17.0 Å². The molecular weight excluding hydrogens is 286 g/mol. The second-order valence-electron chi connectivity index (χ2n) is 4.82. The monoisotopic (exact) mass is 299 g/mol. The molecule has 0 aliphatic rings. The summed E-state index contributed by atoms with van der Waals surface area (Å²) in [7, 11) is 0. The zero-order valence-corrected chi connectivity index (χ0v) is 11.7. The molecule has 0 radical (unpaired) electrons. The van der Waals surface area contributed by atoms with Crippen molar-refractivity contribution in [2.45, 2.75) is 13.3 Å². The van der Waals surface area contributed by atoms with Crippen LogP contribution in [-0.4, -0.2) is 31.1 Å². The predicted octanol–water partition coefficient (Wildman–Crippen LogP) is 1.88. The Labute approximate surface area is 124 Å². The number of nitrogens with one attached hydrogen (secondary N) is 2. The number of rotatable bonds is 3. The molecule has 3 rings (SSSR count). The van der Waals surface area contributed by atoms with E-state index in [1.807, 2.05) is 6.07 Å². The number of carboxylic acid groups (broad SMARTS) is 1. The number of aromatic nitrogens is 3. The second-order valence-corrected chi connectivity index (χ2v) is 4.82. The van der Waals surface area contributed by atoms with Crippen LogP contribution in [0.3, 0.4) is 0 Å². The molecule has 0 saturated carbocycles. The fraction of sp³-hybridized carbons (Fsp3) is 0.133. The van der Waals surface area contributed by atoms with Gasteiger partial charge >= 0.3 is 5.97 Å². The molecule has 0 aliphatic carbocycles. The molecule has 0 atom stereocenters. The molecule has 3 aromatic rings. The molecule has 4 N–H and O–H groups in total. The SMILES string of the molecule is CCc1c(-c2cnc3cc[nH]c3c2)[nH]c(=O)c(C(=O)O)c1O. The van der Waals surface area contributed by atoms with Crippen molar-refractivity contribution in [1.29, 1.82) is 0 Å². The van der Waals surface area contributed by atoms with E-state index >= 15 is 0 Å². The maximum atomic E-state index is 11.9. The van der Waals surface area contributed by atoms with E-state index in [2.05, 4.69) is 15.0 Å². The van der Waals surface area contributed by atoms with E-state index in [-0.39, 0.29) is 0 Å². The summed E-state index contributed by atoms with van der Waals surface area (Å²) in [4.78, 5) is 32.8. The summed E-state index contributed by atoms with van der Waals surface area (Å²) >= 11 is 0. The van der Waals surface area contributed by atoms with Crippen LogP contribution in [0.15, 0.2) is 29.3 Å². The fourth-order valence-electron chi connectivity index (χ4n) is 2.49. The molecule has 22 heavy (non-hydrogen) atoms. The van der Waals surface area contributed by atoms with Gasteiger partial charge in [0.2, 0.25) is 0 Å². The summed E-state index contributed by atoms with van der Waals surface area (Å²) < 4.78 is 0. The number of pyridine rings is 2. The normalized spacial score (nSPS) is 11.0. The highest BCUT2D eigenvalue weighted by molar-refractivity contribution is 5.92. The molecule has 3 heterocycles. The van der Waals surface area contributed by atoms with Crippen LogP contribution in [0.1, 0.15) is 22.8 Å². The van der Waals surface area contributed by atoms with Crippen LogP contribution < -0.4 is 5.56 Å². The first-order valence-electron chi connectivity index (χ1n) is 6.67. The summed E-state index contributed by atoms with van der Waals surface area (Å²) in [5.74, 6) is -1.96. The lowest BCUT2D eigenvalue weighted by atomic mass is 10.0. The van der Waals surface area contributed by atoms with Gasteiger partial charge < -0.3 is 20.2 Å². The van der Waals surface area contributed by atoms with E-state index in [4.69, 9.17) is 5.11 Å². The number of fused-ring (bicyclic) bond motifs is 1. The first-order valence-corrected chi connectivity index (χ1v) is 6.67. The van der Waals surface area contributed by atoms with E-state index in [9.17, 15) is 14.7 Å². The molecular formula is C15H13N3O4. The van der Waals surface area contributed by atoms with Crippen LogP contribution in [-0.2, 0) is 6.42 Å². The van der Waals surface area contributed by atoms with Gasteiger partial charge in [-0.3, -0.25) is 9.78 Å². The second kappa shape index (κ2) is 5.03. The van der Waals surface area contributed by atoms with Crippen molar-refractivity contribution < 1.29 is 15.0 Å². The van der Waals surface area contributed by atoms with Gasteiger partial charge in [-0.25, -0.2) is 4.79 Å². The number of aromatic hydroxyl groups is 1. The van der Waals surface area contributed by atoms with Crippen molar-refractivity contribution in [3.63, 3.8) is 0 Å². The van der Waals surface area contributed by atoms with Crippen molar-refractivity contribution in [2.75, 3.05) is 0 Å². The molecule has 7 nitrogen and oxygen atoms in total. The van der Waals surface area contributed by atoms with Crippen molar-refractivity contribution in [1.82, 2.24) is 15.0 Å². The Balaban J connectivity index is 2.30. The van der Waals surface area contributed by atoms with Crippen LogP contribution in [0.4, 0.5) is 0 Å². The molecule has 0 spiro atoms. The third-order valence-corrected chi connectivity index (χ3v) is 3.54. The average Bonchev–Trinajstić information content (AvgIpc) is 2.93. The maximum absolute atomic E-state index is 11.9. The van der Waals surface area contributed by atoms with E-state index in [1.165, 1.54) is 0 Å². The van der Waals surface area contributed by atoms with Gasteiger partial charge in [0.15, 0.2) is 5.56 Å². The summed E-state index contributed by atoms with van der Waals surface area (Å²) in [6.07, 6.45) is 3.68. The largest absolute Gasteiger partial charge is 0.506 e. The Morgan fingerprint density at radius 1 is 1.41 bits per heavy atom. The lowest BCUT2D eigenvalue weighted by molar-refractivity contribution is 0.0691. The minimum Gasteiger partial charge on any atom is -0.506 e. The molecule has 3 aromatic heterocycles. The fourth-order valence-corrected chi connectivity index (χ4v) is 2.49. The molecule has 0 unspecified atom stereocenters. The number of hydrogen-bond acceptors (Lipinski definition) is 4. The quantitative estimate of drug-likeness (QED) is 0.588. The summed E-state index contributed by atoms with van der Waals surface area (Å²) in [6.45, 7) is 1.77. The van der Waals surface area contributed by atoms with Gasteiger partial charge in [0.25, 0.3) is 5.56 Å². The predicted molar refractivity (Wildman–Crippen MR) is 80.2 cm³/mol. The van der Waals surface area contributed by atoms with Gasteiger partial charge in [-0.1, -0.05) is 6.92 Å². The first-order chi connectivity index (χ1) is 10.5.